The quantitative estimate of drug-likeness (QED) is 0.597. The number of rotatable bonds is 3. The van der Waals surface area contributed by atoms with Gasteiger partial charge in [0, 0.05) is 27.7 Å². The van der Waals surface area contributed by atoms with E-state index in [0.29, 0.717) is 17.5 Å². The molecule has 3 aromatic rings. The fourth-order valence-corrected chi connectivity index (χ4v) is 4.45. The van der Waals surface area contributed by atoms with Crippen molar-refractivity contribution in [2.24, 2.45) is 0 Å². The highest BCUT2D eigenvalue weighted by atomic mass is 32.2. The number of Topliss-reactive ketones (excluding diaryl/α,β-unsaturated/α-hetero) is 1. The first-order chi connectivity index (χ1) is 12.3. The molecule has 0 N–H and O–H groups in total. The Morgan fingerprint density at radius 3 is 2.00 bits per heavy atom. The summed E-state index contributed by atoms with van der Waals surface area (Å²) in [6.07, 6.45) is 0.431. The predicted molar refractivity (Wildman–Crippen MR) is 99.0 cm³/mol. The Morgan fingerprint density at radius 2 is 1.44 bits per heavy atom. The van der Waals surface area contributed by atoms with Crippen LogP contribution in [0.5, 0.6) is 0 Å². The predicted octanol–water partition coefficient (Wildman–Crippen LogP) is 5.43. The van der Waals surface area contributed by atoms with Crippen LogP contribution in [0.15, 0.2) is 82.6 Å². The molecule has 4 rings (SSSR count). The zero-order valence-corrected chi connectivity index (χ0v) is 14.3. The third-order valence-corrected chi connectivity index (χ3v) is 5.72. The van der Waals surface area contributed by atoms with Crippen LogP contribution in [-0.2, 0) is 0 Å². The van der Waals surface area contributed by atoms with Crippen LogP contribution in [0.25, 0.3) is 0 Å². The minimum atomic E-state index is 0.0665. The van der Waals surface area contributed by atoms with Crippen LogP contribution in [0.2, 0.25) is 0 Å². The lowest BCUT2D eigenvalue weighted by Gasteiger charge is -2.27. The van der Waals surface area contributed by atoms with E-state index in [2.05, 4.69) is 30.3 Å². The van der Waals surface area contributed by atoms with Gasteiger partial charge in [-0.2, -0.15) is 5.26 Å². The van der Waals surface area contributed by atoms with E-state index < -0.39 is 0 Å². The van der Waals surface area contributed by atoms with Crippen molar-refractivity contribution < 1.29 is 4.79 Å². The van der Waals surface area contributed by atoms with Crippen molar-refractivity contribution in [1.82, 2.24) is 0 Å². The molecule has 0 saturated heterocycles. The van der Waals surface area contributed by atoms with Gasteiger partial charge in [-0.15, -0.1) is 0 Å². The summed E-state index contributed by atoms with van der Waals surface area (Å²) in [7, 11) is 0. The molecule has 0 radical (unpaired) electrons. The number of carbonyl (C=O) groups excluding carboxylic acids is 1. The normalized spacial score (nSPS) is 12.8. The van der Waals surface area contributed by atoms with Gasteiger partial charge in [-0.05, 0) is 35.4 Å². The second-order valence-electron chi connectivity index (χ2n) is 6.05. The maximum atomic E-state index is 12.8. The molecule has 3 aromatic carbocycles. The van der Waals surface area contributed by atoms with E-state index in [-0.39, 0.29) is 11.7 Å². The highest BCUT2D eigenvalue weighted by Crippen LogP contribution is 2.47. The van der Waals surface area contributed by atoms with Crippen molar-refractivity contribution in [3.8, 4) is 6.07 Å². The molecular weight excluding hydrogens is 326 g/mol. The zero-order valence-electron chi connectivity index (χ0n) is 13.5. The molecule has 0 amide bonds. The van der Waals surface area contributed by atoms with Crippen LogP contribution in [0, 0.1) is 11.3 Å². The number of benzene rings is 3. The van der Waals surface area contributed by atoms with Crippen molar-refractivity contribution in [2.45, 2.75) is 22.1 Å². The summed E-state index contributed by atoms with van der Waals surface area (Å²) >= 11 is 1.77. The summed E-state index contributed by atoms with van der Waals surface area (Å²) in [6, 6.07) is 25.6. The van der Waals surface area contributed by atoms with Gasteiger partial charge in [-0.3, -0.25) is 4.79 Å². The Labute approximate surface area is 151 Å². The minimum absolute atomic E-state index is 0.0665. The average molecular weight is 341 g/mol. The molecule has 0 aliphatic carbocycles. The van der Waals surface area contributed by atoms with E-state index in [4.69, 9.17) is 5.26 Å². The Balaban J connectivity index is 1.70. The minimum Gasteiger partial charge on any atom is -0.294 e. The maximum Gasteiger partial charge on any atom is 0.163 e. The zero-order chi connectivity index (χ0) is 17.2. The molecule has 0 aromatic heterocycles. The van der Waals surface area contributed by atoms with E-state index in [1.807, 2.05) is 24.3 Å². The molecule has 1 heterocycles. The molecule has 0 saturated carbocycles. The van der Waals surface area contributed by atoms with Gasteiger partial charge in [0.2, 0.25) is 0 Å². The topological polar surface area (TPSA) is 40.9 Å². The molecule has 0 spiro atoms. The number of ketones is 1. The summed E-state index contributed by atoms with van der Waals surface area (Å²) in [5.41, 5.74) is 3.66. The Kier molecular flexibility index (Phi) is 4.13. The van der Waals surface area contributed by atoms with Gasteiger partial charge in [-0.25, -0.2) is 0 Å². The summed E-state index contributed by atoms with van der Waals surface area (Å²) in [4.78, 5) is 15.3. The van der Waals surface area contributed by atoms with Crippen LogP contribution < -0.4 is 0 Å². The van der Waals surface area contributed by atoms with Crippen LogP contribution >= 0.6 is 11.8 Å². The van der Waals surface area contributed by atoms with E-state index in [1.54, 1.807) is 36.0 Å². The SMILES string of the molecule is N#Cc1ccc(C(=O)CC2c3ccccc3Sc3ccccc32)cc1. The molecule has 120 valence electrons. The first-order valence-corrected chi connectivity index (χ1v) is 8.97. The third kappa shape index (κ3) is 2.97. The van der Waals surface area contributed by atoms with Gasteiger partial charge >= 0.3 is 0 Å². The number of hydrogen-bond donors (Lipinski definition) is 0. The molecule has 1 aliphatic rings. The monoisotopic (exact) mass is 341 g/mol. The second kappa shape index (κ2) is 6.58. The summed E-state index contributed by atoms with van der Waals surface area (Å²) in [5, 5.41) is 8.91. The van der Waals surface area contributed by atoms with E-state index in [0.717, 1.165) is 0 Å². The van der Waals surface area contributed by atoms with E-state index in [9.17, 15) is 4.79 Å². The highest BCUT2D eigenvalue weighted by Gasteiger charge is 2.27. The third-order valence-electron chi connectivity index (χ3n) is 4.53. The van der Waals surface area contributed by atoms with Crippen molar-refractivity contribution in [3.63, 3.8) is 0 Å². The van der Waals surface area contributed by atoms with Gasteiger partial charge in [0.1, 0.15) is 0 Å². The van der Waals surface area contributed by atoms with Crippen LogP contribution in [-0.4, -0.2) is 5.78 Å². The van der Waals surface area contributed by atoms with Gasteiger partial charge in [-0.1, -0.05) is 60.3 Å². The number of nitrogens with zero attached hydrogens (tertiary/aromatic N) is 1. The number of carbonyl (C=O) groups is 1. The molecule has 0 fully saturated rings. The van der Waals surface area contributed by atoms with Crippen molar-refractivity contribution >= 4 is 17.5 Å². The molecule has 0 unspecified atom stereocenters. The molecule has 3 heteroatoms. The Morgan fingerprint density at radius 1 is 0.880 bits per heavy atom. The first-order valence-electron chi connectivity index (χ1n) is 8.15. The molecule has 0 bridgehead atoms. The van der Waals surface area contributed by atoms with Gasteiger partial charge in [0.05, 0.1) is 11.6 Å². The van der Waals surface area contributed by atoms with Crippen molar-refractivity contribution in [2.75, 3.05) is 0 Å². The fourth-order valence-electron chi connectivity index (χ4n) is 3.26. The largest absolute Gasteiger partial charge is 0.294 e. The van der Waals surface area contributed by atoms with Gasteiger partial charge < -0.3 is 0 Å². The lowest BCUT2D eigenvalue weighted by molar-refractivity contribution is 0.0977. The Bertz CT molecular complexity index is 940. The van der Waals surface area contributed by atoms with Gasteiger partial charge in [0.15, 0.2) is 5.78 Å². The summed E-state index contributed by atoms with van der Waals surface area (Å²) < 4.78 is 0. The second-order valence-corrected chi connectivity index (χ2v) is 7.13. The lowest BCUT2D eigenvalue weighted by atomic mass is 9.85. The fraction of sp³-hybridized carbons (Fsp3) is 0.0909. The van der Waals surface area contributed by atoms with E-state index in [1.165, 1.54) is 20.9 Å². The Hall–Kier alpha value is -2.83. The average Bonchev–Trinajstić information content (AvgIpc) is 2.67. The van der Waals surface area contributed by atoms with Crippen LogP contribution in [0.3, 0.4) is 0 Å². The maximum absolute atomic E-state index is 12.8. The summed E-state index contributed by atoms with van der Waals surface area (Å²) in [6.45, 7) is 0. The number of nitriles is 1. The summed E-state index contributed by atoms with van der Waals surface area (Å²) in [5.74, 6) is 0.169. The standard InChI is InChI=1S/C22H15NOS/c23-14-15-9-11-16(12-10-15)20(24)13-19-17-5-1-3-7-21(17)25-22-8-4-2-6-18(19)22/h1-12,19H,13H2. The smallest absolute Gasteiger partial charge is 0.163 e. The molecule has 2 nitrogen and oxygen atoms in total. The first kappa shape index (κ1) is 15.7. The number of fused-ring (bicyclic) bond motifs is 2. The van der Waals surface area contributed by atoms with Gasteiger partial charge in [0.25, 0.3) is 0 Å². The molecule has 1 aliphatic heterocycles. The van der Waals surface area contributed by atoms with E-state index >= 15 is 0 Å². The van der Waals surface area contributed by atoms with Crippen LogP contribution in [0.1, 0.15) is 39.4 Å². The molecular formula is C22H15NOS. The lowest BCUT2D eigenvalue weighted by Crippen LogP contribution is -2.13. The molecule has 0 atom stereocenters. The highest BCUT2D eigenvalue weighted by molar-refractivity contribution is 7.99. The van der Waals surface area contributed by atoms with Crippen molar-refractivity contribution in [3.05, 3.63) is 95.1 Å². The number of hydrogen-bond acceptors (Lipinski definition) is 3. The van der Waals surface area contributed by atoms with Crippen LogP contribution in [0.4, 0.5) is 0 Å². The molecule has 25 heavy (non-hydrogen) atoms. The van der Waals surface area contributed by atoms with Crippen molar-refractivity contribution in [1.29, 1.82) is 5.26 Å².